The van der Waals surface area contributed by atoms with E-state index in [1.807, 2.05) is 19.1 Å². The molecule has 2 rings (SSSR count). The minimum Gasteiger partial charge on any atom is -0.481 e. The number of carbonyl (C=O) groups is 2. The molecule has 6 nitrogen and oxygen atoms in total. The molecule has 2 aromatic heterocycles. The Balaban J connectivity index is 1.90. The molecular formula is C14H16N2O4S. The lowest BCUT2D eigenvalue weighted by Gasteiger charge is -2.07. The molecule has 112 valence electrons. The lowest BCUT2D eigenvalue weighted by Crippen LogP contribution is -2.32. The molecule has 0 aliphatic heterocycles. The average Bonchev–Trinajstić information content (AvgIpc) is 3.04. The van der Waals surface area contributed by atoms with Crippen LogP contribution in [0.5, 0.6) is 0 Å². The van der Waals surface area contributed by atoms with Gasteiger partial charge >= 0.3 is 5.97 Å². The summed E-state index contributed by atoms with van der Waals surface area (Å²) in [5.74, 6) is -0.285. The standard InChI is InChI=1S/C14H16N2O4S/c1-8(14(18)19)6-15-12(17)5-10-7-21-13(16-10)11-4-3-9(2)20-11/h3-4,7-8H,5-6H2,1-2H3,(H,15,17)(H,18,19). The second-order valence-electron chi connectivity index (χ2n) is 4.77. The molecule has 0 radical (unpaired) electrons. The average molecular weight is 308 g/mol. The number of furan rings is 1. The summed E-state index contributed by atoms with van der Waals surface area (Å²) in [6, 6.07) is 3.70. The second-order valence-corrected chi connectivity index (χ2v) is 5.63. The molecular weight excluding hydrogens is 292 g/mol. The van der Waals surface area contributed by atoms with Crippen LogP contribution < -0.4 is 5.32 Å². The number of carboxylic acids is 1. The molecule has 2 heterocycles. The Morgan fingerprint density at radius 3 is 2.86 bits per heavy atom. The summed E-state index contributed by atoms with van der Waals surface area (Å²) in [4.78, 5) is 26.7. The van der Waals surface area contributed by atoms with Gasteiger partial charge in [0, 0.05) is 11.9 Å². The Morgan fingerprint density at radius 2 is 2.24 bits per heavy atom. The lowest BCUT2D eigenvalue weighted by atomic mass is 10.2. The number of rotatable bonds is 6. The van der Waals surface area contributed by atoms with Crippen LogP contribution in [-0.4, -0.2) is 28.5 Å². The molecule has 0 saturated heterocycles. The van der Waals surface area contributed by atoms with Gasteiger partial charge in [-0.1, -0.05) is 6.92 Å². The Kier molecular flexibility index (Phi) is 4.74. The van der Waals surface area contributed by atoms with Gasteiger partial charge in [-0.3, -0.25) is 9.59 Å². The number of amides is 1. The van der Waals surface area contributed by atoms with E-state index >= 15 is 0 Å². The van der Waals surface area contributed by atoms with Gasteiger partial charge in [0.1, 0.15) is 5.76 Å². The van der Waals surface area contributed by atoms with Gasteiger partial charge in [0.15, 0.2) is 10.8 Å². The Hall–Kier alpha value is -2.15. The molecule has 0 bridgehead atoms. The predicted octanol–water partition coefficient (Wildman–Crippen LogP) is 2.09. The molecule has 0 aromatic carbocycles. The highest BCUT2D eigenvalue weighted by atomic mass is 32.1. The highest BCUT2D eigenvalue weighted by molar-refractivity contribution is 7.13. The molecule has 2 N–H and O–H groups in total. The Bertz CT molecular complexity index is 647. The SMILES string of the molecule is Cc1ccc(-c2nc(CC(=O)NCC(C)C(=O)O)cs2)o1. The van der Waals surface area contributed by atoms with E-state index in [-0.39, 0.29) is 18.9 Å². The van der Waals surface area contributed by atoms with Crippen molar-refractivity contribution < 1.29 is 19.1 Å². The quantitative estimate of drug-likeness (QED) is 0.852. The number of hydrogen-bond acceptors (Lipinski definition) is 5. The first kappa shape index (κ1) is 15.2. The van der Waals surface area contributed by atoms with Gasteiger partial charge in [0.2, 0.25) is 5.91 Å². The summed E-state index contributed by atoms with van der Waals surface area (Å²) in [6.07, 6.45) is 0.128. The van der Waals surface area contributed by atoms with Gasteiger partial charge in [-0.2, -0.15) is 0 Å². The van der Waals surface area contributed by atoms with Crippen molar-refractivity contribution in [2.45, 2.75) is 20.3 Å². The summed E-state index contributed by atoms with van der Waals surface area (Å²) in [5, 5.41) is 13.9. The van der Waals surface area contributed by atoms with E-state index < -0.39 is 11.9 Å². The predicted molar refractivity (Wildman–Crippen MR) is 78.1 cm³/mol. The maximum atomic E-state index is 11.7. The van der Waals surface area contributed by atoms with E-state index in [9.17, 15) is 9.59 Å². The number of aromatic nitrogens is 1. The third kappa shape index (κ3) is 4.16. The molecule has 0 aliphatic carbocycles. The molecule has 0 fully saturated rings. The van der Waals surface area contributed by atoms with Gasteiger partial charge in [0.05, 0.1) is 18.0 Å². The van der Waals surface area contributed by atoms with Gasteiger partial charge < -0.3 is 14.8 Å². The summed E-state index contributed by atoms with van der Waals surface area (Å²) in [5.41, 5.74) is 0.643. The molecule has 1 unspecified atom stereocenters. The smallest absolute Gasteiger partial charge is 0.308 e. The van der Waals surface area contributed by atoms with Gasteiger partial charge in [-0.15, -0.1) is 11.3 Å². The molecule has 7 heteroatoms. The molecule has 0 aliphatic rings. The van der Waals surface area contributed by atoms with Gasteiger partial charge in [0.25, 0.3) is 0 Å². The normalized spacial score (nSPS) is 12.1. The monoisotopic (exact) mass is 308 g/mol. The lowest BCUT2D eigenvalue weighted by molar-refractivity contribution is -0.141. The number of carboxylic acid groups (broad SMARTS) is 1. The van der Waals surface area contributed by atoms with Gasteiger partial charge in [-0.25, -0.2) is 4.98 Å². The number of nitrogens with zero attached hydrogens (tertiary/aromatic N) is 1. The topological polar surface area (TPSA) is 92.4 Å². The Labute approximate surface area is 125 Å². The maximum Gasteiger partial charge on any atom is 0.308 e. The van der Waals surface area contributed by atoms with Crippen LogP contribution in [0.15, 0.2) is 21.9 Å². The summed E-state index contributed by atoms with van der Waals surface area (Å²) in [7, 11) is 0. The Morgan fingerprint density at radius 1 is 1.48 bits per heavy atom. The molecule has 0 spiro atoms. The fourth-order valence-electron chi connectivity index (χ4n) is 1.63. The number of hydrogen-bond donors (Lipinski definition) is 2. The van der Waals surface area contributed by atoms with Crippen molar-refractivity contribution in [1.82, 2.24) is 10.3 Å². The van der Waals surface area contributed by atoms with Crippen LogP contribution in [0.4, 0.5) is 0 Å². The third-order valence-corrected chi connectivity index (χ3v) is 3.78. The number of nitrogens with one attached hydrogen (secondary N) is 1. The van der Waals surface area contributed by atoms with Crippen LogP contribution in [0.2, 0.25) is 0 Å². The number of thiazole rings is 1. The highest BCUT2D eigenvalue weighted by Gasteiger charge is 2.14. The van der Waals surface area contributed by atoms with E-state index in [0.29, 0.717) is 11.5 Å². The van der Waals surface area contributed by atoms with Crippen LogP contribution in [0.1, 0.15) is 18.4 Å². The zero-order valence-corrected chi connectivity index (χ0v) is 12.6. The molecule has 2 aromatic rings. The maximum absolute atomic E-state index is 11.7. The van der Waals surface area contributed by atoms with Crippen LogP contribution in [0.3, 0.4) is 0 Å². The fraction of sp³-hybridized carbons (Fsp3) is 0.357. The van der Waals surface area contributed by atoms with Crippen LogP contribution in [0.25, 0.3) is 10.8 Å². The second kappa shape index (κ2) is 6.53. The van der Waals surface area contributed by atoms with Crippen LogP contribution >= 0.6 is 11.3 Å². The minimum absolute atomic E-state index is 0.114. The van der Waals surface area contributed by atoms with E-state index in [2.05, 4.69) is 10.3 Å². The zero-order chi connectivity index (χ0) is 15.4. The van der Waals surface area contributed by atoms with Crippen molar-refractivity contribution in [3.63, 3.8) is 0 Å². The largest absolute Gasteiger partial charge is 0.481 e. The fourth-order valence-corrected chi connectivity index (χ4v) is 2.41. The van der Waals surface area contributed by atoms with E-state index in [1.54, 1.807) is 12.3 Å². The highest BCUT2D eigenvalue weighted by Crippen LogP contribution is 2.25. The van der Waals surface area contributed by atoms with Crippen molar-refractivity contribution >= 4 is 23.2 Å². The number of aliphatic carboxylic acids is 1. The van der Waals surface area contributed by atoms with Crippen molar-refractivity contribution in [2.75, 3.05) is 6.54 Å². The van der Waals surface area contributed by atoms with Crippen LogP contribution in [0, 0.1) is 12.8 Å². The number of carbonyl (C=O) groups excluding carboxylic acids is 1. The van der Waals surface area contributed by atoms with E-state index in [4.69, 9.17) is 9.52 Å². The molecule has 1 amide bonds. The molecule has 1 atom stereocenters. The van der Waals surface area contributed by atoms with Crippen molar-refractivity contribution in [3.05, 3.63) is 29.0 Å². The van der Waals surface area contributed by atoms with Crippen molar-refractivity contribution in [2.24, 2.45) is 5.92 Å². The third-order valence-electron chi connectivity index (χ3n) is 2.87. The summed E-state index contributed by atoms with van der Waals surface area (Å²) >= 11 is 1.41. The summed E-state index contributed by atoms with van der Waals surface area (Å²) in [6.45, 7) is 3.51. The first-order valence-corrected chi connectivity index (χ1v) is 7.34. The van der Waals surface area contributed by atoms with Crippen LogP contribution in [-0.2, 0) is 16.0 Å². The zero-order valence-electron chi connectivity index (χ0n) is 11.8. The van der Waals surface area contributed by atoms with Crippen molar-refractivity contribution in [3.8, 4) is 10.8 Å². The molecule has 0 saturated carbocycles. The minimum atomic E-state index is -0.931. The summed E-state index contributed by atoms with van der Waals surface area (Å²) < 4.78 is 5.48. The van der Waals surface area contributed by atoms with E-state index in [1.165, 1.54) is 11.3 Å². The first-order valence-electron chi connectivity index (χ1n) is 6.46. The first-order chi connectivity index (χ1) is 9.95. The number of aryl methyl sites for hydroxylation is 1. The van der Waals surface area contributed by atoms with E-state index in [0.717, 1.165) is 10.8 Å². The van der Waals surface area contributed by atoms with Gasteiger partial charge in [-0.05, 0) is 19.1 Å². The molecule has 21 heavy (non-hydrogen) atoms. The van der Waals surface area contributed by atoms with Crippen molar-refractivity contribution in [1.29, 1.82) is 0 Å².